The van der Waals surface area contributed by atoms with Crippen molar-refractivity contribution in [2.75, 3.05) is 37.7 Å². The number of hydrogen-bond acceptors (Lipinski definition) is 6. The van der Waals surface area contributed by atoms with Gasteiger partial charge in [0, 0.05) is 25.6 Å². The van der Waals surface area contributed by atoms with Crippen LogP contribution in [0.15, 0.2) is 6.07 Å². The van der Waals surface area contributed by atoms with Crippen molar-refractivity contribution in [2.24, 2.45) is 5.92 Å². The third-order valence-corrected chi connectivity index (χ3v) is 4.81. The van der Waals surface area contributed by atoms with Gasteiger partial charge in [-0.3, -0.25) is 0 Å². The van der Waals surface area contributed by atoms with Crippen LogP contribution in [0.1, 0.15) is 17.7 Å². The number of hydrogen-bond donors (Lipinski definition) is 2. The predicted molar refractivity (Wildman–Crippen MR) is 78.4 cm³/mol. The van der Waals surface area contributed by atoms with E-state index < -0.39 is 0 Å². The van der Waals surface area contributed by atoms with Gasteiger partial charge in [-0.25, -0.2) is 0 Å². The molecule has 1 aromatic heterocycles. The van der Waals surface area contributed by atoms with Gasteiger partial charge in [-0.2, -0.15) is 5.10 Å². The fourth-order valence-electron chi connectivity index (χ4n) is 3.41. The molecule has 1 aliphatic carbocycles. The zero-order chi connectivity index (χ0) is 14.2. The van der Waals surface area contributed by atoms with Crippen LogP contribution in [0.25, 0.3) is 0 Å². The number of fused-ring (bicyclic) bond motifs is 1. The molecule has 0 bridgehead atoms. The molecule has 4 rings (SSSR count). The third kappa shape index (κ3) is 2.63. The highest BCUT2D eigenvalue weighted by atomic mass is 16.5. The van der Waals surface area contributed by atoms with Crippen LogP contribution in [0, 0.1) is 5.92 Å². The molecular formula is C15H22N4O2. The Morgan fingerprint density at radius 1 is 1.29 bits per heavy atom. The SMILES string of the molecule is OC1COCC1NCC1CN(c2cc3c(nn2)CCC3)C1. The van der Waals surface area contributed by atoms with Gasteiger partial charge in [-0.15, -0.1) is 5.10 Å². The summed E-state index contributed by atoms with van der Waals surface area (Å²) in [7, 11) is 0. The van der Waals surface area contributed by atoms with E-state index in [0.717, 1.165) is 38.3 Å². The molecule has 2 aliphatic heterocycles. The first-order chi connectivity index (χ1) is 10.3. The Morgan fingerprint density at radius 2 is 2.19 bits per heavy atom. The third-order valence-electron chi connectivity index (χ3n) is 4.81. The lowest BCUT2D eigenvalue weighted by molar-refractivity contribution is 0.121. The second-order valence-corrected chi connectivity index (χ2v) is 6.42. The first-order valence-corrected chi connectivity index (χ1v) is 7.89. The number of anilines is 1. The Hall–Kier alpha value is -1.24. The Morgan fingerprint density at radius 3 is 3.00 bits per heavy atom. The van der Waals surface area contributed by atoms with E-state index in [1.807, 2.05) is 0 Å². The highest BCUT2D eigenvalue weighted by Crippen LogP contribution is 2.27. The van der Waals surface area contributed by atoms with Crippen molar-refractivity contribution in [3.63, 3.8) is 0 Å². The van der Waals surface area contributed by atoms with Crippen molar-refractivity contribution in [2.45, 2.75) is 31.4 Å². The van der Waals surface area contributed by atoms with Gasteiger partial charge >= 0.3 is 0 Å². The van der Waals surface area contributed by atoms with Gasteiger partial charge in [-0.05, 0) is 30.9 Å². The van der Waals surface area contributed by atoms with Gasteiger partial charge in [-0.1, -0.05) is 0 Å². The fraction of sp³-hybridized carbons (Fsp3) is 0.733. The number of rotatable bonds is 4. The van der Waals surface area contributed by atoms with Crippen LogP contribution in [-0.4, -0.2) is 60.3 Å². The molecule has 21 heavy (non-hydrogen) atoms. The number of nitrogens with one attached hydrogen (secondary N) is 1. The van der Waals surface area contributed by atoms with Gasteiger partial charge in [0.05, 0.1) is 31.1 Å². The molecule has 0 spiro atoms. The first-order valence-electron chi connectivity index (χ1n) is 7.89. The van der Waals surface area contributed by atoms with Crippen LogP contribution in [-0.2, 0) is 17.6 Å². The number of aromatic nitrogens is 2. The summed E-state index contributed by atoms with van der Waals surface area (Å²) < 4.78 is 5.25. The maximum Gasteiger partial charge on any atom is 0.151 e. The molecule has 0 saturated carbocycles. The topological polar surface area (TPSA) is 70.5 Å². The molecule has 0 radical (unpaired) electrons. The average Bonchev–Trinajstić information content (AvgIpc) is 3.05. The highest BCUT2D eigenvalue weighted by molar-refractivity contribution is 5.45. The highest BCUT2D eigenvalue weighted by Gasteiger charge is 2.31. The standard InChI is InChI=1S/C15H22N4O2/c20-14-9-21-8-13(14)16-5-10-6-19(7-10)15-4-11-2-1-3-12(11)17-18-15/h4,10,13-14,16,20H,1-3,5-9H2. The number of aliphatic hydroxyl groups excluding tert-OH is 1. The summed E-state index contributed by atoms with van der Waals surface area (Å²) in [4.78, 5) is 2.29. The first kappa shape index (κ1) is 13.4. The molecule has 3 heterocycles. The molecule has 0 aromatic carbocycles. The summed E-state index contributed by atoms with van der Waals surface area (Å²) in [6.07, 6.45) is 3.09. The minimum atomic E-state index is -0.358. The zero-order valence-corrected chi connectivity index (χ0v) is 12.2. The normalized spacial score (nSPS) is 28.7. The lowest BCUT2D eigenvalue weighted by Crippen LogP contribution is -2.53. The summed E-state index contributed by atoms with van der Waals surface area (Å²) in [6, 6.07) is 2.31. The number of aryl methyl sites for hydroxylation is 2. The molecule has 2 fully saturated rings. The van der Waals surface area contributed by atoms with Gasteiger partial charge in [0.2, 0.25) is 0 Å². The van der Waals surface area contributed by atoms with Crippen LogP contribution < -0.4 is 10.2 Å². The van der Waals surface area contributed by atoms with E-state index in [4.69, 9.17) is 4.74 Å². The summed E-state index contributed by atoms with van der Waals surface area (Å²) in [5.41, 5.74) is 2.57. The van der Waals surface area contributed by atoms with E-state index in [0.29, 0.717) is 19.1 Å². The van der Waals surface area contributed by atoms with Crippen LogP contribution >= 0.6 is 0 Å². The Balaban J connectivity index is 1.27. The van der Waals surface area contributed by atoms with Crippen LogP contribution in [0.3, 0.4) is 0 Å². The van der Waals surface area contributed by atoms with Crippen molar-refractivity contribution < 1.29 is 9.84 Å². The molecule has 6 heteroatoms. The van der Waals surface area contributed by atoms with Gasteiger partial charge in [0.15, 0.2) is 5.82 Å². The average molecular weight is 290 g/mol. The second kappa shape index (κ2) is 5.51. The molecular weight excluding hydrogens is 268 g/mol. The minimum absolute atomic E-state index is 0.0961. The number of ether oxygens (including phenoxy) is 1. The Bertz CT molecular complexity index is 518. The van der Waals surface area contributed by atoms with Crippen molar-refractivity contribution in [3.05, 3.63) is 17.3 Å². The summed E-state index contributed by atoms with van der Waals surface area (Å²) in [5.74, 6) is 1.64. The number of nitrogens with zero attached hydrogens (tertiary/aromatic N) is 3. The van der Waals surface area contributed by atoms with E-state index in [1.54, 1.807) is 0 Å². The Labute approximate surface area is 124 Å². The van der Waals surface area contributed by atoms with E-state index in [1.165, 1.54) is 17.7 Å². The lowest BCUT2D eigenvalue weighted by atomic mass is 9.99. The largest absolute Gasteiger partial charge is 0.389 e. The zero-order valence-electron chi connectivity index (χ0n) is 12.2. The molecule has 0 amide bonds. The van der Waals surface area contributed by atoms with Gasteiger partial charge in [0.1, 0.15) is 0 Å². The summed E-state index contributed by atoms with van der Waals surface area (Å²) in [5, 5.41) is 21.8. The monoisotopic (exact) mass is 290 g/mol. The van der Waals surface area contributed by atoms with Crippen LogP contribution in [0.4, 0.5) is 5.82 Å². The molecule has 1 aromatic rings. The molecule has 2 atom stereocenters. The van der Waals surface area contributed by atoms with Crippen LogP contribution in [0.5, 0.6) is 0 Å². The molecule has 3 aliphatic rings. The molecule has 2 N–H and O–H groups in total. The minimum Gasteiger partial charge on any atom is -0.389 e. The molecule has 2 saturated heterocycles. The van der Waals surface area contributed by atoms with E-state index in [-0.39, 0.29) is 12.1 Å². The van der Waals surface area contributed by atoms with E-state index in [2.05, 4.69) is 26.5 Å². The molecule has 114 valence electrons. The van der Waals surface area contributed by atoms with Crippen LogP contribution in [0.2, 0.25) is 0 Å². The van der Waals surface area contributed by atoms with E-state index in [9.17, 15) is 5.11 Å². The molecule has 2 unspecified atom stereocenters. The van der Waals surface area contributed by atoms with Crippen molar-refractivity contribution in [1.29, 1.82) is 0 Å². The van der Waals surface area contributed by atoms with Gasteiger partial charge < -0.3 is 20.1 Å². The quantitative estimate of drug-likeness (QED) is 0.797. The van der Waals surface area contributed by atoms with Crippen molar-refractivity contribution >= 4 is 5.82 Å². The fourth-order valence-corrected chi connectivity index (χ4v) is 3.41. The lowest BCUT2D eigenvalue weighted by Gasteiger charge is -2.40. The van der Waals surface area contributed by atoms with Gasteiger partial charge in [0.25, 0.3) is 0 Å². The van der Waals surface area contributed by atoms with Crippen molar-refractivity contribution in [1.82, 2.24) is 15.5 Å². The summed E-state index contributed by atoms with van der Waals surface area (Å²) >= 11 is 0. The Kier molecular flexibility index (Phi) is 3.52. The second-order valence-electron chi connectivity index (χ2n) is 6.42. The maximum atomic E-state index is 9.70. The van der Waals surface area contributed by atoms with Crippen molar-refractivity contribution in [3.8, 4) is 0 Å². The predicted octanol–water partition coefficient (Wildman–Crippen LogP) is -0.249. The number of aliphatic hydroxyl groups is 1. The summed E-state index contributed by atoms with van der Waals surface area (Å²) in [6.45, 7) is 4.04. The smallest absolute Gasteiger partial charge is 0.151 e. The maximum absolute atomic E-state index is 9.70. The van der Waals surface area contributed by atoms with E-state index >= 15 is 0 Å². The molecule has 6 nitrogen and oxygen atoms in total.